The van der Waals surface area contributed by atoms with E-state index >= 15 is 0 Å². The maximum atomic E-state index is 11.9. The van der Waals surface area contributed by atoms with Crippen molar-refractivity contribution < 1.29 is 19.6 Å². The predicted molar refractivity (Wildman–Crippen MR) is 101 cm³/mol. The van der Waals surface area contributed by atoms with Gasteiger partial charge in [-0.3, -0.25) is 10.1 Å². The second kappa shape index (κ2) is 11.4. The fourth-order valence-corrected chi connectivity index (χ4v) is 2.98. The number of hydrogen-bond acceptors (Lipinski definition) is 5. The largest absolute Gasteiger partial charge is 0.466 e. The second-order valence-corrected chi connectivity index (χ2v) is 6.47. The van der Waals surface area contributed by atoms with Crippen LogP contribution in [0.1, 0.15) is 63.5 Å². The van der Waals surface area contributed by atoms with Crippen LogP contribution in [0.15, 0.2) is 36.4 Å². The summed E-state index contributed by atoms with van der Waals surface area (Å²) in [6.45, 7) is 5.97. The molecule has 0 amide bonds. The minimum atomic E-state index is -0.960. The second-order valence-electron chi connectivity index (χ2n) is 6.47. The number of nitro groups is 1. The van der Waals surface area contributed by atoms with Crippen LogP contribution in [0.25, 0.3) is 0 Å². The van der Waals surface area contributed by atoms with Gasteiger partial charge in [-0.25, -0.2) is 4.79 Å². The number of methoxy groups -OCH3 is 1. The lowest BCUT2D eigenvalue weighted by Crippen LogP contribution is -2.21. The first kappa shape index (κ1) is 21.8. The zero-order valence-electron chi connectivity index (χ0n) is 15.6. The maximum Gasteiger partial charge on any atom is 0.333 e. The van der Waals surface area contributed by atoms with Crippen molar-refractivity contribution in [3.63, 3.8) is 0 Å². The molecule has 6 nitrogen and oxygen atoms in total. The summed E-state index contributed by atoms with van der Waals surface area (Å²) in [6, 6.07) is 5.73. The van der Waals surface area contributed by atoms with Crippen molar-refractivity contribution in [1.29, 1.82) is 0 Å². The Bertz CT molecular complexity index is 597. The number of aliphatic hydroxyl groups excluding tert-OH is 1. The van der Waals surface area contributed by atoms with Crippen LogP contribution >= 0.6 is 0 Å². The first-order valence-electron chi connectivity index (χ1n) is 9.11. The number of aliphatic hydroxyl groups is 1. The molecule has 0 heterocycles. The van der Waals surface area contributed by atoms with Gasteiger partial charge in [0.05, 0.1) is 18.1 Å². The molecule has 0 spiro atoms. The highest BCUT2D eigenvalue weighted by molar-refractivity contribution is 5.88. The Morgan fingerprint density at radius 2 is 1.77 bits per heavy atom. The highest BCUT2D eigenvalue weighted by atomic mass is 16.6. The van der Waals surface area contributed by atoms with E-state index in [9.17, 15) is 20.0 Å². The Labute approximate surface area is 155 Å². The van der Waals surface area contributed by atoms with Crippen LogP contribution in [0.3, 0.4) is 0 Å². The van der Waals surface area contributed by atoms with Gasteiger partial charge in [-0.2, -0.15) is 0 Å². The SMILES string of the molecule is C=C(C(=O)OC)[C@H](CCCCCCCC)[C@@H](O)c1ccc([N+](=O)[O-])cc1. The van der Waals surface area contributed by atoms with Crippen LogP contribution in [-0.4, -0.2) is 23.1 Å². The summed E-state index contributed by atoms with van der Waals surface area (Å²) in [4.78, 5) is 22.2. The van der Waals surface area contributed by atoms with Crippen molar-refractivity contribution in [3.8, 4) is 0 Å². The molecule has 0 aromatic heterocycles. The van der Waals surface area contributed by atoms with Crippen LogP contribution in [0.2, 0.25) is 0 Å². The normalized spacial score (nSPS) is 13.0. The van der Waals surface area contributed by atoms with E-state index in [1.54, 1.807) is 0 Å². The summed E-state index contributed by atoms with van der Waals surface area (Å²) < 4.78 is 4.75. The summed E-state index contributed by atoms with van der Waals surface area (Å²) >= 11 is 0. The van der Waals surface area contributed by atoms with Crippen LogP contribution in [0.5, 0.6) is 0 Å². The Kier molecular flexibility index (Phi) is 9.58. The minimum absolute atomic E-state index is 0.0415. The molecule has 0 bridgehead atoms. The lowest BCUT2D eigenvalue weighted by atomic mass is 9.85. The average Bonchev–Trinajstić information content (AvgIpc) is 2.65. The number of nitro benzene ring substituents is 1. The molecule has 0 unspecified atom stereocenters. The molecule has 0 aliphatic carbocycles. The topological polar surface area (TPSA) is 89.7 Å². The molecule has 6 heteroatoms. The molecular formula is C20H29NO5. The molecule has 0 saturated heterocycles. The van der Waals surface area contributed by atoms with Gasteiger partial charge in [-0.1, -0.05) is 52.0 Å². The average molecular weight is 363 g/mol. The molecule has 0 aliphatic heterocycles. The molecular weight excluding hydrogens is 334 g/mol. The number of unbranched alkanes of at least 4 members (excludes halogenated alkanes) is 5. The molecule has 0 saturated carbocycles. The zero-order valence-corrected chi connectivity index (χ0v) is 15.6. The van der Waals surface area contributed by atoms with Crippen LogP contribution in [0.4, 0.5) is 5.69 Å². The number of ether oxygens (including phenoxy) is 1. The highest BCUT2D eigenvalue weighted by Crippen LogP contribution is 2.33. The van der Waals surface area contributed by atoms with Crippen molar-refractivity contribution >= 4 is 11.7 Å². The third-order valence-corrected chi connectivity index (χ3v) is 4.59. The number of carbonyl (C=O) groups excluding carboxylic acids is 1. The van der Waals surface area contributed by atoms with Crippen LogP contribution < -0.4 is 0 Å². The number of non-ortho nitro benzene ring substituents is 1. The molecule has 1 N–H and O–H groups in total. The maximum absolute atomic E-state index is 11.9. The zero-order chi connectivity index (χ0) is 19.5. The van der Waals surface area contributed by atoms with Crippen molar-refractivity contribution in [2.45, 2.75) is 58.0 Å². The first-order chi connectivity index (χ1) is 12.4. The summed E-state index contributed by atoms with van der Waals surface area (Å²) in [5, 5.41) is 21.5. The molecule has 1 rings (SSSR count). The van der Waals surface area contributed by atoms with Gasteiger partial charge in [0, 0.05) is 23.6 Å². The minimum Gasteiger partial charge on any atom is -0.466 e. The standard InChI is InChI=1S/C20H29NO5/c1-4-5-6-7-8-9-10-18(15(2)20(23)26-3)19(22)16-11-13-17(14-12-16)21(24)25/h11-14,18-19,22H,2,4-10H2,1,3H3/t18-,19-/m0/s1. The molecule has 0 radical (unpaired) electrons. The lowest BCUT2D eigenvalue weighted by molar-refractivity contribution is -0.384. The fraction of sp³-hybridized carbons (Fsp3) is 0.550. The Morgan fingerprint density at radius 3 is 2.31 bits per heavy atom. The van der Waals surface area contributed by atoms with E-state index in [2.05, 4.69) is 13.5 Å². The number of esters is 1. The lowest BCUT2D eigenvalue weighted by Gasteiger charge is -2.24. The summed E-state index contributed by atoms with van der Waals surface area (Å²) in [6.07, 6.45) is 6.25. The highest BCUT2D eigenvalue weighted by Gasteiger charge is 2.28. The predicted octanol–water partition coefficient (Wildman–Crippen LogP) is 4.72. The van der Waals surface area contributed by atoms with E-state index in [0.717, 1.165) is 19.3 Å². The van der Waals surface area contributed by atoms with E-state index in [-0.39, 0.29) is 11.3 Å². The fourth-order valence-electron chi connectivity index (χ4n) is 2.98. The molecule has 144 valence electrons. The van der Waals surface area contributed by atoms with Gasteiger partial charge in [-0.05, 0) is 24.1 Å². The van der Waals surface area contributed by atoms with Gasteiger partial charge >= 0.3 is 5.97 Å². The van der Waals surface area contributed by atoms with E-state index in [1.165, 1.54) is 50.6 Å². The van der Waals surface area contributed by atoms with Gasteiger partial charge in [0.15, 0.2) is 0 Å². The molecule has 1 aromatic rings. The number of hydrogen-bond donors (Lipinski definition) is 1. The molecule has 1 aromatic carbocycles. The third-order valence-electron chi connectivity index (χ3n) is 4.59. The molecule has 2 atom stereocenters. The van der Waals surface area contributed by atoms with Crippen molar-refractivity contribution in [1.82, 2.24) is 0 Å². The van der Waals surface area contributed by atoms with Gasteiger partial charge in [-0.15, -0.1) is 0 Å². The van der Waals surface area contributed by atoms with Crippen LogP contribution in [0, 0.1) is 16.0 Å². The van der Waals surface area contributed by atoms with Gasteiger partial charge < -0.3 is 9.84 Å². The Morgan fingerprint density at radius 1 is 1.19 bits per heavy atom. The number of benzene rings is 1. The van der Waals surface area contributed by atoms with E-state index < -0.39 is 22.9 Å². The monoisotopic (exact) mass is 363 g/mol. The Hall–Kier alpha value is -2.21. The van der Waals surface area contributed by atoms with Gasteiger partial charge in [0.1, 0.15) is 0 Å². The van der Waals surface area contributed by atoms with Crippen molar-refractivity contribution in [2.24, 2.45) is 5.92 Å². The summed E-state index contributed by atoms with van der Waals surface area (Å²) in [5.41, 5.74) is 0.712. The van der Waals surface area contributed by atoms with Gasteiger partial charge in [0.25, 0.3) is 5.69 Å². The molecule has 0 aliphatic rings. The quantitative estimate of drug-likeness (QED) is 0.191. The third kappa shape index (κ3) is 6.59. The summed E-state index contributed by atoms with van der Waals surface area (Å²) in [5.74, 6) is -1.02. The van der Waals surface area contributed by atoms with Crippen LogP contribution in [-0.2, 0) is 9.53 Å². The number of carbonyl (C=O) groups is 1. The number of nitrogens with zero attached hydrogens (tertiary/aromatic N) is 1. The van der Waals surface area contributed by atoms with Gasteiger partial charge in [0.2, 0.25) is 0 Å². The summed E-state index contributed by atoms with van der Waals surface area (Å²) in [7, 11) is 1.29. The van der Waals surface area contributed by atoms with Crippen molar-refractivity contribution in [3.05, 3.63) is 52.1 Å². The van der Waals surface area contributed by atoms with Crippen molar-refractivity contribution in [2.75, 3.05) is 7.11 Å². The van der Waals surface area contributed by atoms with E-state index in [4.69, 9.17) is 4.74 Å². The van der Waals surface area contributed by atoms with E-state index in [1.807, 2.05) is 0 Å². The first-order valence-corrected chi connectivity index (χ1v) is 9.11. The Balaban J connectivity index is 2.80. The molecule has 0 fully saturated rings. The smallest absolute Gasteiger partial charge is 0.333 e. The number of rotatable bonds is 12. The van der Waals surface area contributed by atoms with E-state index in [0.29, 0.717) is 12.0 Å². The molecule has 26 heavy (non-hydrogen) atoms.